The van der Waals surface area contributed by atoms with E-state index in [0.29, 0.717) is 5.56 Å². The first-order chi connectivity index (χ1) is 14.7. The zero-order valence-electron chi connectivity index (χ0n) is 19.6. The number of carbonyl (C=O) groups excluding carboxylic acids is 3. The van der Waals surface area contributed by atoms with Crippen LogP contribution in [-0.2, 0) is 14.3 Å². The molecule has 174 valence electrons. The van der Waals surface area contributed by atoms with Crippen LogP contribution in [-0.4, -0.2) is 45.7 Å². The van der Waals surface area contributed by atoms with E-state index >= 15 is 0 Å². The van der Waals surface area contributed by atoms with Crippen LogP contribution in [0.25, 0.3) is 6.08 Å². The van der Waals surface area contributed by atoms with E-state index in [-0.39, 0.29) is 5.75 Å². The summed E-state index contributed by atoms with van der Waals surface area (Å²) in [5, 5.41) is 5.35. The van der Waals surface area contributed by atoms with Crippen molar-refractivity contribution >= 4 is 36.6 Å². The molecule has 0 aromatic heterocycles. The van der Waals surface area contributed by atoms with Crippen LogP contribution >= 0.6 is 12.6 Å². The number of nitrogens with one attached hydrogen (secondary N) is 2. The topological polar surface area (TPSA) is 87.7 Å². The van der Waals surface area contributed by atoms with E-state index in [2.05, 4.69) is 35.9 Å². The lowest BCUT2D eigenvalue weighted by atomic mass is 9.99. The molecule has 2 N–H and O–H groups in total. The molecule has 0 aliphatic carbocycles. The Labute approximate surface area is 196 Å². The van der Waals surface area contributed by atoms with Gasteiger partial charge in [0.15, 0.2) is 0 Å². The summed E-state index contributed by atoms with van der Waals surface area (Å²) in [5.74, 6) is -1.16. The second-order valence-electron chi connectivity index (χ2n) is 9.23. The number of carbonyl (C=O) groups is 3. The van der Waals surface area contributed by atoms with Crippen LogP contribution in [0.1, 0.15) is 58.7 Å². The minimum absolute atomic E-state index is 0.0451. The van der Waals surface area contributed by atoms with Crippen molar-refractivity contribution in [2.75, 3.05) is 5.75 Å². The molecule has 0 radical (unpaired) electrons. The standard InChI is InChI=1S/C24H33N3O4S/c1-9-16-12-11-13-17(14-16)19(20(28)26-23(3,4)5)27(10-2)21(29)18(15-32)25-22(30)31-24(6,7)8/h2,9,11-14,18-19,32H,1,15H2,3-8H3,(H,25,30)(H,26,28). The second-order valence-corrected chi connectivity index (χ2v) is 9.60. The second kappa shape index (κ2) is 11.1. The van der Waals surface area contributed by atoms with Crippen molar-refractivity contribution < 1.29 is 19.1 Å². The van der Waals surface area contributed by atoms with Gasteiger partial charge in [-0.05, 0) is 58.7 Å². The maximum Gasteiger partial charge on any atom is 0.408 e. The number of rotatable bonds is 7. The molecule has 3 amide bonds. The van der Waals surface area contributed by atoms with Gasteiger partial charge in [0.25, 0.3) is 5.91 Å². The SMILES string of the molecule is C#CN(C(=O)C(CS)NC(=O)OC(C)(C)C)C(C(=O)NC(C)(C)C)c1cccc(C=C)c1. The molecule has 32 heavy (non-hydrogen) atoms. The van der Waals surface area contributed by atoms with Gasteiger partial charge >= 0.3 is 6.09 Å². The zero-order chi connectivity index (χ0) is 24.7. The Morgan fingerprint density at radius 2 is 1.88 bits per heavy atom. The number of amides is 3. The normalized spacial score (nSPS) is 13.2. The third-order valence-corrected chi connectivity index (χ3v) is 4.38. The van der Waals surface area contributed by atoms with Gasteiger partial charge in [-0.1, -0.05) is 37.3 Å². The Morgan fingerprint density at radius 3 is 2.34 bits per heavy atom. The van der Waals surface area contributed by atoms with Crippen molar-refractivity contribution in [3.8, 4) is 12.5 Å². The first kappa shape index (κ1) is 27.1. The van der Waals surface area contributed by atoms with Crippen molar-refractivity contribution in [1.29, 1.82) is 0 Å². The minimum Gasteiger partial charge on any atom is -0.444 e. The Morgan fingerprint density at radius 1 is 1.25 bits per heavy atom. The van der Waals surface area contributed by atoms with Gasteiger partial charge in [0.2, 0.25) is 5.91 Å². The molecule has 8 heteroatoms. The molecule has 0 saturated carbocycles. The maximum absolute atomic E-state index is 13.3. The maximum atomic E-state index is 13.3. The van der Waals surface area contributed by atoms with Crippen molar-refractivity contribution in [3.05, 3.63) is 42.0 Å². The minimum atomic E-state index is -1.13. The lowest BCUT2D eigenvalue weighted by Crippen LogP contribution is -2.53. The number of benzene rings is 1. The van der Waals surface area contributed by atoms with E-state index in [4.69, 9.17) is 11.2 Å². The third kappa shape index (κ3) is 8.31. The highest BCUT2D eigenvalue weighted by Gasteiger charge is 2.36. The summed E-state index contributed by atoms with van der Waals surface area (Å²) in [6.45, 7) is 14.3. The monoisotopic (exact) mass is 459 g/mol. The lowest BCUT2D eigenvalue weighted by molar-refractivity contribution is -0.138. The molecule has 0 fully saturated rings. The molecule has 1 aromatic carbocycles. The van der Waals surface area contributed by atoms with Crippen LogP contribution in [0.2, 0.25) is 0 Å². The summed E-state index contributed by atoms with van der Waals surface area (Å²) in [4.78, 5) is 39.7. The molecule has 7 nitrogen and oxygen atoms in total. The fraction of sp³-hybridized carbons (Fsp3) is 0.458. The van der Waals surface area contributed by atoms with E-state index in [9.17, 15) is 14.4 Å². The van der Waals surface area contributed by atoms with Crippen LogP contribution < -0.4 is 10.6 Å². The highest BCUT2D eigenvalue weighted by atomic mass is 32.1. The van der Waals surface area contributed by atoms with Gasteiger partial charge in [-0.25, -0.2) is 4.79 Å². The molecule has 1 rings (SSSR count). The van der Waals surface area contributed by atoms with Crippen LogP contribution in [0.3, 0.4) is 0 Å². The van der Waals surface area contributed by atoms with Gasteiger partial charge in [-0.2, -0.15) is 12.6 Å². The van der Waals surface area contributed by atoms with Crippen LogP contribution in [0.5, 0.6) is 0 Å². The summed E-state index contributed by atoms with van der Waals surface area (Å²) in [6.07, 6.45) is 6.54. The molecule has 2 atom stereocenters. The van der Waals surface area contributed by atoms with Crippen LogP contribution in [0.15, 0.2) is 30.8 Å². The molecule has 0 aliphatic heterocycles. The van der Waals surface area contributed by atoms with Crippen LogP contribution in [0.4, 0.5) is 4.79 Å². The van der Waals surface area contributed by atoms with E-state index in [0.717, 1.165) is 10.5 Å². The van der Waals surface area contributed by atoms with Gasteiger partial charge in [0.1, 0.15) is 17.7 Å². The Balaban J connectivity index is 3.36. The summed E-state index contributed by atoms with van der Waals surface area (Å²) in [5.41, 5.74) is -0.0454. The number of thiol groups is 1. The largest absolute Gasteiger partial charge is 0.444 e. The van der Waals surface area contributed by atoms with Crippen molar-refractivity contribution in [2.24, 2.45) is 0 Å². The number of alkyl carbamates (subject to hydrolysis) is 1. The lowest BCUT2D eigenvalue weighted by Gasteiger charge is -2.32. The zero-order valence-corrected chi connectivity index (χ0v) is 20.5. The number of nitrogens with zero attached hydrogens (tertiary/aromatic N) is 1. The Kier molecular flexibility index (Phi) is 9.40. The number of terminal acetylenes is 1. The highest BCUT2D eigenvalue weighted by Crippen LogP contribution is 2.24. The summed E-state index contributed by atoms with van der Waals surface area (Å²) < 4.78 is 5.23. The van der Waals surface area contributed by atoms with Gasteiger partial charge < -0.3 is 15.4 Å². The smallest absolute Gasteiger partial charge is 0.408 e. The molecule has 0 bridgehead atoms. The van der Waals surface area contributed by atoms with Crippen molar-refractivity contribution in [2.45, 2.75) is 64.8 Å². The molecule has 2 unspecified atom stereocenters. The predicted octanol–water partition coefficient (Wildman–Crippen LogP) is 3.53. The average Bonchev–Trinajstić information content (AvgIpc) is 2.66. The summed E-state index contributed by atoms with van der Waals surface area (Å²) in [7, 11) is 0. The van der Waals surface area contributed by atoms with Gasteiger partial charge in [0, 0.05) is 17.3 Å². The summed E-state index contributed by atoms with van der Waals surface area (Å²) in [6, 6.07) is 7.08. The third-order valence-electron chi connectivity index (χ3n) is 4.02. The van der Waals surface area contributed by atoms with E-state index in [1.54, 1.807) is 45.0 Å². The number of hydrogen-bond acceptors (Lipinski definition) is 5. The summed E-state index contributed by atoms with van der Waals surface area (Å²) >= 11 is 4.18. The van der Waals surface area contributed by atoms with Crippen molar-refractivity contribution in [3.63, 3.8) is 0 Å². The highest BCUT2D eigenvalue weighted by molar-refractivity contribution is 7.80. The first-order valence-corrected chi connectivity index (χ1v) is 10.8. The van der Waals surface area contributed by atoms with Gasteiger partial charge in [-0.3, -0.25) is 14.5 Å². The van der Waals surface area contributed by atoms with Crippen LogP contribution in [0, 0.1) is 12.5 Å². The Bertz CT molecular complexity index is 894. The molecule has 0 spiro atoms. The quantitative estimate of drug-likeness (QED) is 0.331. The Hall–Kier alpha value is -2.92. The number of ether oxygens (including phenoxy) is 1. The average molecular weight is 460 g/mol. The molecule has 0 aliphatic rings. The molecule has 1 aromatic rings. The van der Waals surface area contributed by atoms with E-state index in [1.807, 2.05) is 26.8 Å². The predicted molar refractivity (Wildman–Crippen MR) is 130 cm³/mol. The van der Waals surface area contributed by atoms with Gasteiger partial charge in [-0.15, -0.1) is 0 Å². The molecular formula is C24H33N3O4S. The number of hydrogen-bond donors (Lipinski definition) is 3. The van der Waals surface area contributed by atoms with Crippen molar-refractivity contribution in [1.82, 2.24) is 15.5 Å². The molecular weight excluding hydrogens is 426 g/mol. The van der Waals surface area contributed by atoms with Gasteiger partial charge in [0.05, 0.1) is 0 Å². The first-order valence-electron chi connectivity index (χ1n) is 10.2. The van der Waals surface area contributed by atoms with E-state index < -0.39 is 41.1 Å². The molecule has 0 saturated heterocycles. The fourth-order valence-electron chi connectivity index (χ4n) is 2.78. The fourth-order valence-corrected chi connectivity index (χ4v) is 3.03. The molecule has 0 heterocycles. The van der Waals surface area contributed by atoms with E-state index in [1.165, 1.54) is 0 Å².